The third-order valence-corrected chi connectivity index (χ3v) is 3.33. The largest absolute Gasteiger partial charge is 0.399 e. The summed E-state index contributed by atoms with van der Waals surface area (Å²) < 4.78 is 5.53. The van der Waals surface area contributed by atoms with Gasteiger partial charge in [-0.1, -0.05) is 0 Å². The number of anilines is 1. The second-order valence-corrected chi connectivity index (χ2v) is 5.03. The topological polar surface area (TPSA) is 75.8 Å². The second-order valence-electron chi connectivity index (χ2n) is 5.03. The van der Waals surface area contributed by atoms with E-state index in [1.807, 2.05) is 13.8 Å². The maximum Gasteiger partial charge on any atom is 0.254 e. The highest BCUT2D eigenvalue weighted by Crippen LogP contribution is 2.17. The van der Waals surface area contributed by atoms with E-state index in [4.69, 9.17) is 10.5 Å². The standard InChI is InChI=1S/C14H20N2O3/c1-9-5-11(3-4-13(9)15)14(18)16-6-10(2)19-12(7-16)8-17/h3-5,10,12,17H,6-8,15H2,1-2H3. The predicted octanol–water partition coefficient (Wildman–Crippen LogP) is 0.799. The molecule has 0 spiro atoms. The van der Waals surface area contributed by atoms with Crippen LogP contribution in [0.25, 0.3) is 0 Å². The maximum atomic E-state index is 12.4. The summed E-state index contributed by atoms with van der Waals surface area (Å²) in [6, 6.07) is 5.28. The number of aliphatic hydroxyl groups excluding tert-OH is 1. The smallest absolute Gasteiger partial charge is 0.254 e. The zero-order valence-corrected chi connectivity index (χ0v) is 11.3. The fraction of sp³-hybridized carbons (Fsp3) is 0.500. The summed E-state index contributed by atoms with van der Waals surface area (Å²) >= 11 is 0. The Labute approximate surface area is 113 Å². The van der Waals surface area contributed by atoms with Gasteiger partial charge in [-0.05, 0) is 37.6 Å². The number of hydrogen-bond acceptors (Lipinski definition) is 4. The number of nitrogen functional groups attached to an aromatic ring is 1. The van der Waals surface area contributed by atoms with Gasteiger partial charge in [0.15, 0.2) is 0 Å². The van der Waals surface area contributed by atoms with Gasteiger partial charge >= 0.3 is 0 Å². The highest BCUT2D eigenvalue weighted by atomic mass is 16.5. The summed E-state index contributed by atoms with van der Waals surface area (Å²) in [4.78, 5) is 14.1. The molecule has 2 rings (SSSR count). The Morgan fingerprint density at radius 2 is 2.26 bits per heavy atom. The first-order valence-electron chi connectivity index (χ1n) is 6.43. The first-order valence-corrected chi connectivity index (χ1v) is 6.43. The number of amides is 1. The average molecular weight is 264 g/mol. The summed E-state index contributed by atoms with van der Waals surface area (Å²) in [6.45, 7) is 4.66. The number of carbonyl (C=O) groups excluding carboxylic acids is 1. The predicted molar refractivity (Wildman–Crippen MR) is 72.9 cm³/mol. The van der Waals surface area contributed by atoms with Gasteiger partial charge in [-0.3, -0.25) is 4.79 Å². The number of benzene rings is 1. The first kappa shape index (κ1) is 13.8. The third-order valence-electron chi connectivity index (χ3n) is 3.33. The molecule has 0 saturated carbocycles. The van der Waals surface area contributed by atoms with Crippen LogP contribution in [0.5, 0.6) is 0 Å². The van der Waals surface area contributed by atoms with Crippen molar-refractivity contribution in [1.82, 2.24) is 4.90 Å². The van der Waals surface area contributed by atoms with E-state index in [-0.39, 0.29) is 24.7 Å². The van der Waals surface area contributed by atoms with Crippen LogP contribution in [0.4, 0.5) is 5.69 Å². The molecular formula is C14H20N2O3. The van der Waals surface area contributed by atoms with Crippen LogP contribution in [0.3, 0.4) is 0 Å². The van der Waals surface area contributed by atoms with Gasteiger partial charge < -0.3 is 20.5 Å². The van der Waals surface area contributed by atoms with Crippen molar-refractivity contribution in [2.45, 2.75) is 26.1 Å². The van der Waals surface area contributed by atoms with E-state index in [0.717, 1.165) is 5.56 Å². The van der Waals surface area contributed by atoms with Crippen LogP contribution in [0.1, 0.15) is 22.8 Å². The minimum absolute atomic E-state index is 0.0447. The highest BCUT2D eigenvalue weighted by Gasteiger charge is 2.28. The van der Waals surface area contributed by atoms with Crippen LogP contribution in [0, 0.1) is 6.92 Å². The lowest BCUT2D eigenvalue weighted by Crippen LogP contribution is -2.50. The van der Waals surface area contributed by atoms with Crippen LogP contribution in [-0.4, -0.2) is 47.8 Å². The minimum Gasteiger partial charge on any atom is -0.399 e. The number of ether oxygens (including phenoxy) is 1. The van der Waals surface area contributed by atoms with Crippen molar-refractivity contribution in [3.8, 4) is 0 Å². The van der Waals surface area contributed by atoms with Gasteiger partial charge in [-0.25, -0.2) is 0 Å². The lowest BCUT2D eigenvalue weighted by atomic mass is 10.1. The molecule has 1 aliphatic rings. The normalized spacial score (nSPS) is 23.4. The molecule has 2 unspecified atom stereocenters. The maximum absolute atomic E-state index is 12.4. The molecule has 19 heavy (non-hydrogen) atoms. The third kappa shape index (κ3) is 3.05. The van der Waals surface area contributed by atoms with E-state index in [9.17, 15) is 9.90 Å². The van der Waals surface area contributed by atoms with Gasteiger partial charge in [0.2, 0.25) is 0 Å². The quantitative estimate of drug-likeness (QED) is 0.775. The number of aryl methyl sites for hydroxylation is 1. The Balaban J connectivity index is 2.16. The summed E-state index contributed by atoms with van der Waals surface area (Å²) in [5.74, 6) is -0.0447. The van der Waals surface area contributed by atoms with Crippen molar-refractivity contribution < 1.29 is 14.6 Å². The molecule has 0 radical (unpaired) electrons. The monoisotopic (exact) mass is 264 g/mol. The second kappa shape index (κ2) is 5.59. The van der Waals surface area contributed by atoms with Crippen LogP contribution in [-0.2, 0) is 4.74 Å². The number of morpholine rings is 1. The van der Waals surface area contributed by atoms with Crippen LogP contribution >= 0.6 is 0 Å². The molecule has 1 heterocycles. The Morgan fingerprint density at radius 3 is 2.89 bits per heavy atom. The Morgan fingerprint density at radius 1 is 1.53 bits per heavy atom. The van der Waals surface area contributed by atoms with Crippen molar-refractivity contribution >= 4 is 11.6 Å². The molecule has 0 aromatic heterocycles. The molecule has 1 fully saturated rings. The number of carbonyl (C=O) groups is 1. The fourth-order valence-corrected chi connectivity index (χ4v) is 2.30. The van der Waals surface area contributed by atoms with Gasteiger partial charge in [0.05, 0.1) is 18.8 Å². The van der Waals surface area contributed by atoms with Crippen molar-refractivity contribution in [3.05, 3.63) is 29.3 Å². The van der Waals surface area contributed by atoms with Crippen molar-refractivity contribution in [1.29, 1.82) is 0 Å². The van der Waals surface area contributed by atoms with Crippen LogP contribution in [0.2, 0.25) is 0 Å². The zero-order valence-electron chi connectivity index (χ0n) is 11.3. The van der Waals surface area contributed by atoms with E-state index in [1.165, 1.54) is 0 Å². The Hall–Kier alpha value is -1.59. The van der Waals surface area contributed by atoms with Gasteiger partial charge in [-0.2, -0.15) is 0 Å². The van der Waals surface area contributed by atoms with Crippen LogP contribution in [0.15, 0.2) is 18.2 Å². The van der Waals surface area contributed by atoms with Gasteiger partial charge in [-0.15, -0.1) is 0 Å². The molecule has 1 amide bonds. The molecule has 5 heteroatoms. The lowest BCUT2D eigenvalue weighted by Gasteiger charge is -2.36. The van der Waals surface area contributed by atoms with Crippen molar-refractivity contribution in [2.24, 2.45) is 0 Å². The molecule has 1 aromatic carbocycles. The van der Waals surface area contributed by atoms with Gasteiger partial charge in [0.1, 0.15) is 0 Å². The minimum atomic E-state index is -0.303. The number of nitrogens with zero attached hydrogens (tertiary/aromatic N) is 1. The summed E-state index contributed by atoms with van der Waals surface area (Å²) in [6.07, 6.45) is -0.368. The number of hydrogen-bond donors (Lipinski definition) is 2. The van der Waals surface area contributed by atoms with E-state index < -0.39 is 0 Å². The SMILES string of the molecule is Cc1cc(C(=O)N2CC(C)OC(CO)C2)ccc1N. The first-order chi connectivity index (χ1) is 9.01. The molecule has 0 aliphatic carbocycles. The summed E-state index contributed by atoms with van der Waals surface area (Å²) in [5, 5.41) is 9.18. The fourth-order valence-electron chi connectivity index (χ4n) is 2.30. The van der Waals surface area contributed by atoms with Crippen LogP contribution < -0.4 is 5.73 Å². The van der Waals surface area contributed by atoms with Gasteiger partial charge in [0.25, 0.3) is 5.91 Å². The summed E-state index contributed by atoms with van der Waals surface area (Å²) in [7, 11) is 0. The molecule has 2 atom stereocenters. The molecule has 104 valence electrons. The van der Waals surface area contributed by atoms with Crippen molar-refractivity contribution in [3.63, 3.8) is 0 Å². The number of rotatable bonds is 2. The Bertz CT molecular complexity index is 476. The number of aliphatic hydroxyl groups is 1. The average Bonchev–Trinajstić information content (AvgIpc) is 2.40. The van der Waals surface area contributed by atoms with E-state index in [2.05, 4.69) is 0 Å². The molecule has 1 saturated heterocycles. The molecule has 3 N–H and O–H groups in total. The molecule has 1 aromatic rings. The lowest BCUT2D eigenvalue weighted by molar-refractivity contribution is -0.0858. The number of nitrogens with two attached hydrogens (primary N) is 1. The van der Waals surface area contributed by atoms with E-state index in [0.29, 0.717) is 24.3 Å². The van der Waals surface area contributed by atoms with E-state index in [1.54, 1.807) is 23.1 Å². The van der Waals surface area contributed by atoms with Gasteiger partial charge in [0, 0.05) is 24.3 Å². The molecule has 0 bridgehead atoms. The highest BCUT2D eigenvalue weighted by molar-refractivity contribution is 5.95. The molecule has 1 aliphatic heterocycles. The molecule has 5 nitrogen and oxygen atoms in total. The molecular weight excluding hydrogens is 244 g/mol. The Kier molecular flexibility index (Phi) is 4.07. The van der Waals surface area contributed by atoms with E-state index >= 15 is 0 Å². The van der Waals surface area contributed by atoms with Crippen molar-refractivity contribution in [2.75, 3.05) is 25.4 Å². The summed E-state index contributed by atoms with van der Waals surface area (Å²) in [5.41, 5.74) is 7.95. The zero-order chi connectivity index (χ0) is 14.0.